The summed E-state index contributed by atoms with van der Waals surface area (Å²) < 4.78 is 34.2. The lowest BCUT2D eigenvalue weighted by Crippen LogP contribution is -2.53. The van der Waals surface area contributed by atoms with E-state index in [1.54, 1.807) is 54.6 Å². The molecule has 7 nitrogen and oxygen atoms in total. The number of nitrogens with two attached hydrogens (primary N) is 1. The number of Topliss-reactive ketones (excluding diaryl/α,β-unsaturated/α-hetero) is 1. The molecule has 3 rings (SSSR count). The van der Waals surface area contributed by atoms with Gasteiger partial charge < -0.3 is 15.5 Å². The topological polar surface area (TPSA) is 115 Å². The molecule has 1 atom stereocenters. The van der Waals surface area contributed by atoms with Gasteiger partial charge in [0.2, 0.25) is 17.6 Å². The van der Waals surface area contributed by atoms with Crippen LogP contribution >= 0.6 is 0 Å². The number of hydrogen-bond donors (Lipinski definition) is 2. The largest absolute Gasteiger partial charge is 0.434 e. The van der Waals surface area contributed by atoms with Crippen LogP contribution in [0.15, 0.2) is 59.0 Å². The van der Waals surface area contributed by atoms with Crippen molar-refractivity contribution in [2.24, 2.45) is 5.73 Å². The monoisotopic (exact) mass is 457 g/mol. The van der Waals surface area contributed by atoms with Gasteiger partial charge in [-0.2, -0.15) is 0 Å². The Bertz CT molecular complexity index is 1110. The van der Waals surface area contributed by atoms with Crippen molar-refractivity contribution in [1.29, 1.82) is 0 Å². The molecule has 3 aromatic rings. The van der Waals surface area contributed by atoms with Gasteiger partial charge in [0, 0.05) is 25.7 Å². The van der Waals surface area contributed by atoms with Crippen LogP contribution < -0.4 is 11.1 Å². The van der Waals surface area contributed by atoms with Crippen LogP contribution in [0, 0.1) is 0 Å². The first-order valence-corrected chi connectivity index (χ1v) is 10.5. The molecule has 1 aromatic heterocycles. The number of hydrogen-bond acceptors (Lipinski definition) is 5. The molecule has 2 amide bonds. The Kier molecular flexibility index (Phi) is 7.20. The van der Waals surface area contributed by atoms with Gasteiger partial charge in [0.25, 0.3) is 11.8 Å². The Morgan fingerprint density at radius 3 is 2.33 bits per heavy atom. The molecule has 0 aliphatic rings. The molecule has 174 valence electrons. The lowest BCUT2D eigenvalue weighted by atomic mass is 9.89. The molecule has 0 aliphatic carbocycles. The smallest absolute Gasteiger partial charge is 0.266 e. The molecule has 0 radical (unpaired) electrons. The van der Waals surface area contributed by atoms with Crippen molar-refractivity contribution in [3.63, 3.8) is 0 Å². The summed E-state index contributed by atoms with van der Waals surface area (Å²) in [5, 5.41) is 2.50. The number of carbonyl (C=O) groups is 3. The molecule has 0 saturated heterocycles. The van der Waals surface area contributed by atoms with E-state index in [4.69, 9.17) is 10.2 Å². The van der Waals surface area contributed by atoms with Gasteiger partial charge in [-0.1, -0.05) is 42.5 Å². The van der Waals surface area contributed by atoms with Crippen LogP contribution in [0.2, 0.25) is 0 Å². The normalized spacial score (nSPS) is 13.4. The van der Waals surface area contributed by atoms with Crippen LogP contribution in [0.4, 0.5) is 8.78 Å². The lowest BCUT2D eigenvalue weighted by Gasteiger charge is -2.28. The third-order valence-corrected chi connectivity index (χ3v) is 5.30. The molecule has 0 unspecified atom stereocenters. The van der Waals surface area contributed by atoms with Gasteiger partial charge in [-0.25, -0.2) is 13.8 Å². The van der Waals surface area contributed by atoms with E-state index in [0.717, 1.165) is 0 Å². The first-order chi connectivity index (χ1) is 15.6. The van der Waals surface area contributed by atoms with Crippen molar-refractivity contribution in [3.05, 3.63) is 66.1 Å². The first kappa shape index (κ1) is 24.0. The highest BCUT2D eigenvalue weighted by molar-refractivity contribution is 6.03. The minimum Gasteiger partial charge on any atom is -0.434 e. The highest BCUT2D eigenvalue weighted by Gasteiger charge is 2.39. The maximum atomic E-state index is 14.4. The number of primary amides is 1. The predicted octanol–water partition coefficient (Wildman–Crippen LogP) is 3.81. The summed E-state index contributed by atoms with van der Waals surface area (Å²) in [5.74, 6) is -5.45. The second-order valence-corrected chi connectivity index (χ2v) is 8.18. The summed E-state index contributed by atoms with van der Waals surface area (Å²) >= 11 is 0. The number of ketones is 1. The number of oxazole rings is 1. The van der Waals surface area contributed by atoms with Crippen LogP contribution in [-0.4, -0.2) is 34.0 Å². The fourth-order valence-corrected chi connectivity index (χ4v) is 3.46. The molecule has 2 aromatic carbocycles. The molecule has 3 N–H and O–H groups in total. The highest BCUT2D eigenvalue weighted by Crippen LogP contribution is 2.27. The summed E-state index contributed by atoms with van der Waals surface area (Å²) in [4.78, 5) is 41.2. The third kappa shape index (κ3) is 6.44. The first-order valence-electron chi connectivity index (χ1n) is 10.5. The van der Waals surface area contributed by atoms with Crippen molar-refractivity contribution in [2.45, 2.75) is 50.5 Å². The number of para-hydroxylation sites is 2. The molecule has 0 aliphatic heterocycles. The molecule has 0 saturated carbocycles. The summed E-state index contributed by atoms with van der Waals surface area (Å²) in [7, 11) is 0. The Hall–Kier alpha value is -3.62. The Balaban J connectivity index is 1.71. The minimum atomic E-state index is -3.10. The average molecular weight is 457 g/mol. The molecule has 9 heteroatoms. The second kappa shape index (κ2) is 9.89. The highest BCUT2D eigenvalue weighted by atomic mass is 19.3. The maximum absolute atomic E-state index is 14.4. The third-order valence-electron chi connectivity index (χ3n) is 5.30. The Morgan fingerprint density at radius 1 is 1.00 bits per heavy atom. The zero-order chi connectivity index (χ0) is 24.1. The van der Waals surface area contributed by atoms with Crippen molar-refractivity contribution >= 4 is 28.7 Å². The predicted molar refractivity (Wildman–Crippen MR) is 118 cm³/mol. The van der Waals surface area contributed by atoms with Crippen molar-refractivity contribution in [2.75, 3.05) is 0 Å². The standard InChI is InChI=1S/C24H25F2N3O4/c1-23(13-11-19(27)30,21(32)22-28-17-9-5-6-10-18(17)33-22)29-20(31)12-14-24(25,26)15-16-7-3-2-4-8-16/h2-10H,11-15H2,1H3,(H2,27,30)(H,29,31)/t23-/m0/s1. The number of rotatable bonds is 11. The van der Waals surface area contributed by atoms with E-state index < -0.39 is 48.3 Å². The van der Waals surface area contributed by atoms with Gasteiger partial charge in [-0.05, 0) is 31.0 Å². The van der Waals surface area contributed by atoms with Gasteiger partial charge in [-0.3, -0.25) is 14.4 Å². The number of alkyl halides is 2. The van der Waals surface area contributed by atoms with Gasteiger partial charge >= 0.3 is 0 Å². The van der Waals surface area contributed by atoms with E-state index >= 15 is 0 Å². The molecule has 1 heterocycles. The number of halogens is 2. The molecule has 0 bridgehead atoms. The average Bonchev–Trinajstić information content (AvgIpc) is 3.20. The fraction of sp³-hybridized carbons (Fsp3) is 0.333. The molecular weight excluding hydrogens is 432 g/mol. The summed E-state index contributed by atoms with van der Waals surface area (Å²) in [6.45, 7) is 1.40. The van der Waals surface area contributed by atoms with Gasteiger partial charge in [-0.15, -0.1) is 0 Å². The van der Waals surface area contributed by atoms with Crippen LogP contribution in [0.1, 0.15) is 48.9 Å². The SMILES string of the molecule is C[C@@](CCC(N)=O)(NC(=O)CCC(F)(F)Cc1ccccc1)C(=O)c1nc2ccccc2o1. The number of benzene rings is 2. The molecule has 33 heavy (non-hydrogen) atoms. The summed E-state index contributed by atoms with van der Waals surface area (Å²) in [6, 6.07) is 15.0. The van der Waals surface area contributed by atoms with Crippen molar-refractivity contribution < 1.29 is 27.6 Å². The maximum Gasteiger partial charge on any atom is 0.266 e. The quantitative estimate of drug-likeness (QED) is 0.425. The van der Waals surface area contributed by atoms with Gasteiger partial charge in [0.15, 0.2) is 5.58 Å². The van der Waals surface area contributed by atoms with E-state index in [9.17, 15) is 23.2 Å². The Labute approximate surface area is 189 Å². The van der Waals surface area contributed by atoms with E-state index in [1.807, 2.05) is 0 Å². The second-order valence-electron chi connectivity index (χ2n) is 8.18. The van der Waals surface area contributed by atoms with Crippen molar-refractivity contribution in [1.82, 2.24) is 10.3 Å². The zero-order valence-electron chi connectivity index (χ0n) is 18.1. The number of fused-ring (bicyclic) bond motifs is 1. The number of aromatic nitrogens is 1. The van der Waals surface area contributed by atoms with Crippen LogP contribution in [0.3, 0.4) is 0 Å². The zero-order valence-corrected chi connectivity index (χ0v) is 18.1. The van der Waals surface area contributed by atoms with Crippen LogP contribution in [0.25, 0.3) is 11.1 Å². The number of nitrogens with one attached hydrogen (secondary N) is 1. The van der Waals surface area contributed by atoms with Gasteiger partial charge in [0.1, 0.15) is 11.1 Å². The van der Waals surface area contributed by atoms with Crippen molar-refractivity contribution in [3.8, 4) is 0 Å². The van der Waals surface area contributed by atoms with E-state index in [2.05, 4.69) is 10.3 Å². The number of carbonyl (C=O) groups excluding carboxylic acids is 3. The molecule has 0 fully saturated rings. The van der Waals surface area contributed by atoms with Gasteiger partial charge in [0.05, 0.1) is 0 Å². The van der Waals surface area contributed by atoms with E-state index in [-0.39, 0.29) is 18.7 Å². The Morgan fingerprint density at radius 2 is 1.67 bits per heavy atom. The molecular formula is C24H25F2N3O4. The van der Waals surface area contributed by atoms with E-state index in [1.165, 1.54) is 6.92 Å². The minimum absolute atomic E-state index is 0.133. The van der Waals surface area contributed by atoms with Crippen LogP contribution in [-0.2, 0) is 16.0 Å². The lowest BCUT2D eigenvalue weighted by molar-refractivity contribution is -0.125. The van der Waals surface area contributed by atoms with E-state index in [0.29, 0.717) is 16.7 Å². The van der Waals surface area contributed by atoms with Crippen LogP contribution in [0.5, 0.6) is 0 Å². The molecule has 0 spiro atoms. The summed E-state index contributed by atoms with van der Waals surface area (Å²) in [6.07, 6.45) is -2.04. The number of nitrogens with zero attached hydrogens (tertiary/aromatic N) is 1. The summed E-state index contributed by atoms with van der Waals surface area (Å²) in [5.41, 5.74) is 4.90. The fourth-order valence-electron chi connectivity index (χ4n) is 3.46. The number of amides is 2.